The van der Waals surface area contributed by atoms with Gasteiger partial charge in [-0.15, -0.1) is 0 Å². The van der Waals surface area contributed by atoms with E-state index in [0.29, 0.717) is 6.42 Å². The summed E-state index contributed by atoms with van der Waals surface area (Å²) in [6.45, 7) is 0. The molecule has 4 heteroatoms. The predicted molar refractivity (Wildman–Crippen MR) is 60.3 cm³/mol. The fourth-order valence-electron chi connectivity index (χ4n) is 1.17. The molecule has 0 aromatic heterocycles. The summed E-state index contributed by atoms with van der Waals surface area (Å²) in [6.07, 6.45) is 4.09. The zero-order chi connectivity index (χ0) is 10.9. The lowest BCUT2D eigenvalue weighted by atomic mass is 10.1. The van der Waals surface area contributed by atoms with E-state index in [-0.39, 0.29) is 0 Å². The van der Waals surface area contributed by atoms with Crippen LogP contribution in [0.1, 0.15) is 11.1 Å². The van der Waals surface area contributed by atoms with Crippen molar-refractivity contribution in [2.75, 3.05) is 14.2 Å². The molecule has 0 unspecified atom stereocenters. The van der Waals surface area contributed by atoms with E-state index < -0.39 is 0 Å². The van der Waals surface area contributed by atoms with E-state index >= 15 is 0 Å². The number of rotatable bonds is 5. The molecule has 0 radical (unpaired) electrons. The van der Waals surface area contributed by atoms with Gasteiger partial charge in [0.1, 0.15) is 14.2 Å². The summed E-state index contributed by atoms with van der Waals surface area (Å²) in [5, 5.41) is 7.42. The molecule has 80 valence electrons. The first-order valence-electron chi connectivity index (χ1n) is 4.58. The number of oxime groups is 2. The summed E-state index contributed by atoms with van der Waals surface area (Å²) < 4.78 is 0. The van der Waals surface area contributed by atoms with Crippen LogP contribution in [0.3, 0.4) is 0 Å². The fraction of sp³-hybridized carbons (Fsp3) is 0.273. The van der Waals surface area contributed by atoms with E-state index in [9.17, 15) is 0 Å². The molecule has 0 aliphatic heterocycles. The van der Waals surface area contributed by atoms with Crippen molar-refractivity contribution < 1.29 is 9.68 Å². The van der Waals surface area contributed by atoms with Crippen molar-refractivity contribution in [2.24, 2.45) is 10.3 Å². The molecular weight excluding hydrogens is 192 g/mol. The molecule has 1 aromatic carbocycles. The third-order valence-corrected chi connectivity index (χ3v) is 1.84. The van der Waals surface area contributed by atoms with E-state index in [1.165, 1.54) is 14.2 Å². The number of hydrogen-bond acceptors (Lipinski definition) is 4. The fourth-order valence-corrected chi connectivity index (χ4v) is 1.17. The van der Waals surface area contributed by atoms with Crippen LogP contribution in [-0.2, 0) is 16.1 Å². The average molecular weight is 206 g/mol. The van der Waals surface area contributed by atoms with Crippen LogP contribution in [0.25, 0.3) is 0 Å². The van der Waals surface area contributed by atoms with Crippen molar-refractivity contribution in [3.8, 4) is 0 Å². The van der Waals surface area contributed by atoms with Gasteiger partial charge in [-0.3, -0.25) is 0 Å². The predicted octanol–water partition coefficient (Wildman–Crippen LogP) is 1.84. The van der Waals surface area contributed by atoms with Gasteiger partial charge in [-0.05, 0) is 11.1 Å². The van der Waals surface area contributed by atoms with Crippen LogP contribution in [0, 0.1) is 0 Å². The third kappa shape index (κ3) is 3.81. The Morgan fingerprint density at radius 1 is 1.13 bits per heavy atom. The van der Waals surface area contributed by atoms with Crippen LogP contribution >= 0.6 is 0 Å². The van der Waals surface area contributed by atoms with Gasteiger partial charge in [-0.2, -0.15) is 0 Å². The van der Waals surface area contributed by atoms with Crippen LogP contribution < -0.4 is 0 Å². The van der Waals surface area contributed by atoms with E-state index in [1.807, 2.05) is 24.3 Å². The summed E-state index contributed by atoms with van der Waals surface area (Å²) >= 11 is 0. The highest BCUT2D eigenvalue weighted by atomic mass is 16.6. The summed E-state index contributed by atoms with van der Waals surface area (Å²) in [4.78, 5) is 9.23. The Bertz CT molecular complexity index is 348. The summed E-state index contributed by atoms with van der Waals surface area (Å²) in [7, 11) is 3.04. The number of benzene rings is 1. The highest BCUT2D eigenvalue weighted by Crippen LogP contribution is 2.06. The lowest BCUT2D eigenvalue weighted by molar-refractivity contribution is 0.214. The van der Waals surface area contributed by atoms with E-state index in [4.69, 9.17) is 0 Å². The molecule has 0 heterocycles. The van der Waals surface area contributed by atoms with Crippen LogP contribution in [0.2, 0.25) is 0 Å². The number of hydrogen-bond donors (Lipinski definition) is 0. The maximum atomic E-state index is 4.64. The van der Waals surface area contributed by atoms with Crippen molar-refractivity contribution in [3.63, 3.8) is 0 Å². The zero-order valence-electron chi connectivity index (χ0n) is 8.88. The van der Waals surface area contributed by atoms with Gasteiger partial charge in [0.15, 0.2) is 0 Å². The Labute approximate surface area is 89.2 Å². The molecule has 1 aromatic rings. The first-order chi connectivity index (χ1) is 7.38. The van der Waals surface area contributed by atoms with Gasteiger partial charge in [0, 0.05) is 12.6 Å². The van der Waals surface area contributed by atoms with Crippen molar-refractivity contribution >= 4 is 12.4 Å². The molecular formula is C11H14N2O2. The van der Waals surface area contributed by atoms with Crippen molar-refractivity contribution in [1.29, 1.82) is 0 Å². The first-order valence-corrected chi connectivity index (χ1v) is 4.58. The van der Waals surface area contributed by atoms with Crippen LogP contribution in [0.5, 0.6) is 0 Å². The Morgan fingerprint density at radius 2 is 1.87 bits per heavy atom. The second kappa shape index (κ2) is 6.59. The average Bonchev–Trinajstić information content (AvgIpc) is 2.28. The lowest BCUT2D eigenvalue weighted by Gasteiger charge is -2.00. The molecule has 0 saturated heterocycles. The van der Waals surface area contributed by atoms with Crippen molar-refractivity contribution in [2.45, 2.75) is 6.42 Å². The van der Waals surface area contributed by atoms with Gasteiger partial charge in [0.05, 0.1) is 6.21 Å². The molecule has 4 nitrogen and oxygen atoms in total. The molecule has 0 amide bonds. The summed E-state index contributed by atoms with van der Waals surface area (Å²) in [6, 6.07) is 7.91. The maximum absolute atomic E-state index is 4.64. The SMILES string of the molecule is CO/N=C/Cc1ccccc1/C=N/OC. The summed E-state index contributed by atoms with van der Waals surface area (Å²) in [5.74, 6) is 0. The molecule has 0 aliphatic carbocycles. The van der Waals surface area contributed by atoms with E-state index in [2.05, 4.69) is 20.0 Å². The van der Waals surface area contributed by atoms with Gasteiger partial charge in [-0.25, -0.2) is 0 Å². The second-order valence-corrected chi connectivity index (χ2v) is 2.79. The standard InChI is InChI=1S/C11H14N2O2/c1-14-12-8-7-10-5-3-4-6-11(10)9-13-15-2/h3-6,8-9H,7H2,1-2H3/b12-8+,13-9+. The molecule has 0 spiro atoms. The van der Waals surface area contributed by atoms with Crippen molar-refractivity contribution in [1.82, 2.24) is 0 Å². The van der Waals surface area contributed by atoms with Crippen LogP contribution in [0.4, 0.5) is 0 Å². The topological polar surface area (TPSA) is 43.2 Å². The van der Waals surface area contributed by atoms with Gasteiger partial charge < -0.3 is 9.68 Å². The Balaban J connectivity index is 2.76. The largest absolute Gasteiger partial charge is 0.399 e. The van der Waals surface area contributed by atoms with Gasteiger partial charge in [-0.1, -0.05) is 34.6 Å². The molecule has 0 fully saturated rings. The normalized spacial score (nSPS) is 11.1. The van der Waals surface area contributed by atoms with E-state index in [0.717, 1.165) is 11.1 Å². The Hall–Kier alpha value is -1.84. The highest BCUT2D eigenvalue weighted by molar-refractivity contribution is 5.82. The molecule has 0 aliphatic rings. The smallest absolute Gasteiger partial charge is 0.106 e. The van der Waals surface area contributed by atoms with Gasteiger partial charge >= 0.3 is 0 Å². The van der Waals surface area contributed by atoms with Crippen LogP contribution in [0.15, 0.2) is 34.6 Å². The molecule has 0 bridgehead atoms. The molecule has 0 N–H and O–H groups in total. The zero-order valence-corrected chi connectivity index (χ0v) is 8.88. The first kappa shape index (κ1) is 11.2. The van der Waals surface area contributed by atoms with Crippen molar-refractivity contribution in [3.05, 3.63) is 35.4 Å². The number of nitrogens with zero attached hydrogens (tertiary/aromatic N) is 2. The van der Waals surface area contributed by atoms with E-state index in [1.54, 1.807) is 12.4 Å². The van der Waals surface area contributed by atoms with Gasteiger partial charge in [0.2, 0.25) is 0 Å². The lowest BCUT2D eigenvalue weighted by Crippen LogP contribution is -1.94. The second-order valence-electron chi connectivity index (χ2n) is 2.79. The minimum absolute atomic E-state index is 0.708. The maximum Gasteiger partial charge on any atom is 0.106 e. The quantitative estimate of drug-likeness (QED) is 0.545. The molecule has 15 heavy (non-hydrogen) atoms. The third-order valence-electron chi connectivity index (χ3n) is 1.84. The molecule has 0 saturated carbocycles. The minimum Gasteiger partial charge on any atom is -0.399 e. The highest BCUT2D eigenvalue weighted by Gasteiger charge is 1.97. The molecule has 1 rings (SSSR count). The molecule has 0 atom stereocenters. The van der Waals surface area contributed by atoms with Gasteiger partial charge in [0.25, 0.3) is 0 Å². The minimum atomic E-state index is 0.708. The Kier molecular flexibility index (Phi) is 4.94. The Morgan fingerprint density at radius 3 is 2.60 bits per heavy atom. The monoisotopic (exact) mass is 206 g/mol. The summed E-state index contributed by atoms with van der Waals surface area (Å²) in [5.41, 5.74) is 2.14. The van der Waals surface area contributed by atoms with Crippen LogP contribution in [-0.4, -0.2) is 26.6 Å².